The summed E-state index contributed by atoms with van der Waals surface area (Å²) >= 11 is 0. The van der Waals surface area contributed by atoms with E-state index in [0.29, 0.717) is 30.6 Å². The Morgan fingerprint density at radius 1 is 0.741 bits per heavy atom. The van der Waals surface area contributed by atoms with E-state index in [1.165, 1.54) is 41.2 Å². The van der Waals surface area contributed by atoms with Crippen LogP contribution in [-0.4, -0.2) is 102 Å². The molecule has 0 spiro atoms. The minimum absolute atomic E-state index is 0.0801. The fraction of sp³-hybridized carbons (Fsp3) is 0.349. The number of amides is 4. The van der Waals surface area contributed by atoms with Crippen molar-refractivity contribution in [2.24, 2.45) is 0 Å². The molecule has 2 aromatic rings. The van der Waals surface area contributed by atoms with Gasteiger partial charge >= 0.3 is 12.2 Å². The average molecular weight is 797 g/mol. The van der Waals surface area contributed by atoms with Gasteiger partial charge in [0, 0.05) is 31.0 Å². The lowest BCUT2D eigenvalue weighted by atomic mass is 10.1. The number of fused-ring (bicyclic) bond motifs is 4. The highest BCUT2D eigenvalue weighted by Gasteiger charge is 2.47. The number of allylic oxidation sites excluding steroid dienone is 4. The fourth-order valence-electron chi connectivity index (χ4n) is 7.44. The third kappa shape index (κ3) is 7.95. The summed E-state index contributed by atoms with van der Waals surface area (Å²) in [5, 5.41) is 23.2. The lowest BCUT2D eigenvalue weighted by Crippen LogP contribution is -2.50. The number of anilines is 2. The SMILES string of the molecule is C=CCOC(=O)N1c2cc(OCCCOc3cc4c(cc3OC)C(=O)N3C=C(/C=C/C)C[C@H]3[C@H](O)N4C(=O)OCC=C)c(C)cc2C(=O)N2C=C(/C=C/C)C[C@H]2[C@@H]1O. The summed E-state index contributed by atoms with van der Waals surface area (Å²) in [5.41, 5.74) is 2.76. The number of hydrogen-bond acceptors (Lipinski definition) is 11. The summed E-state index contributed by atoms with van der Waals surface area (Å²) < 4.78 is 28.6. The van der Waals surface area contributed by atoms with E-state index in [4.69, 9.17) is 23.7 Å². The Hall–Kier alpha value is -6.32. The lowest BCUT2D eigenvalue weighted by Gasteiger charge is -2.31. The topological polar surface area (TPSA) is 168 Å². The van der Waals surface area contributed by atoms with Gasteiger partial charge in [-0.3, -0.25) is 9.59 Å². The Morgan fingerprint density at radius 3 is 1.67 bits per heavy atom. The fourth-order valence-corrected chi connectivity index (χ4v) is 7.44. The highest BCUT2D eigenvalue weighted by molar-refractivity contribution is 6.07. The van der Waals surface area contributed by atoms with Crippen LogP contribution in [-0.2, 0) is 9.47 Å². The molecule has 0 saturated carbocycles. The van der Waals surface area contributed by atoms with Gasteiger partial charge in [0.15, 0.2) is 24.0 Å². The minimum atomic E-state index is -1.46. The maximum Gasteiger partial charge on any atom is 0.416 e. The van der Waals surface area contributed by atoms with E-state index in [1.807, 2.05) is 38.2 Å². The van der Waals surface area contributed by atoms with Crippen molar-refractivity contribution in [2.45, 2.75) is 64.6 Å². The smallest absolute Gasteiger partial charge is 0.416 e. The Labute approximate surface area is 336 Å². The molecule has 4 amide bonds. The van der Waals surface area contributed by atoms with Crippen molar-refractivity contribution >= 4 is 35.4 Å². The number of aryl methyl sites for hydroxylation is 1. The summed E-state index contributed by atoms with van der Waals surface area (Å²) in [6.45, 7) is 12.7. The first-order chi connectivity index (χ1) is 28.0. The van der Waals surface area contributed by atoms with Crippen LogP contribution in [0, 0.1) is 6.92 Å². The zero-order chi connectivity index (χ0) is 41.7. The maximum absolute atomic E-state index is 13.9. The first-order valence-electron chi connectivity index (χ1n) is 18.9. The van der Waals surface area contributed by atoms with Crippen molar-refractivity contribution in [2.75, 3.05) is 43.3 Å². The number of aliphatic hydroxyl groups is 2. The van der Waals surface area contributed by atoms with Gasteiger partial charge in [-0.25, -0.2) is 19.4 Å². The van der Waals surface area contributed by atoms with Gasteiger partial charge in [0.1, 0.15) is 19.0 Å². The number of methoxy groups -OCH3 is 1. The number of ether oxygens (including phenoxy) is 5. The molecule has 0 aromatic heterocycles. The molecular weight excluding hydrogens is 748 g/mol. The van der Waals surface area contributed by atoms with Crippen molar-refractivity contribution in [1.29, 1.82) is 0 Å². The van der Waals surface area contributed by atoms with Crippen molar-refractivity contribution < 1.29 is 53.1 Å². The van der Waals surface area contributed by atoms with Crippen molar-refractivity contribution in [3.63, 3.8) is 0 Å². The molecular formula is C43H48N4O11. The molecule has 0 aliphatic carbocycles. The van der Waals surface area contributed by atoms with Gasteiger partial charge in [-0.15, -0.1) is 0 Å². The molecule has 0 unspecified atom stereocenters. The van der Waals surface area contributed by atoms with E-state index < -0.39 is 42.6 Å². The van der Waals surface area contributed by atoms with Gasteiger partial charge in [0.25, 0.3) is 11.8 Å². The molecule has 4 heterocycles. The average Bonchev–Trinajstić information content (AvgIpc) is 3.81. The van der Waals surface area contributed by atoms with E-state index in [9.17, 15) is 29.4 Å². The van der Waals surface area contributed by atoms with Crippen LogP contribution in [0.2, 0.25) is 0 Å². The van der Waals surface area contributed by atoms with Gasteiger partial charge in [0.05, 0.1) is 54.9 Å². The monoisotopic (exact) mass is 796 g/mol. The number of nitrogens with zero attached hydrogens (tertiary/aromatic N) is 4. The molecule has 0 saturated heterocycles. The molecule has 4 aliphatic heterocycles. The Morgan fingerprint density at radius 2 is 1.21 bits per heavy atom. The summed E-state index contributed by atoms with van der Waals surface area (Å²) in [7, 11) is 1.42. The van der Waals surface area contributed by atoms with Gasteiger partial charge in [-0.05, 0) is 62.5 Å². The highest BCUT2D eigenvalue weighted by atomic mass is 16.6. The second-order valence-electron chi connectivity index (χ2n) is 13.9. The normalized spacial score (nSPS) is 21.1. The predicted octanol–water partition coefficient (Wildman–Crippen LogP) is 6.12. The lowest BCUT2D eigenvalue weighted by molar-refractivity contribution is 0.0556. The minimum Gasteiger partial charge on any atom is -0.493 e. The Balaban J connectivity index is 1.22. The second-order valence-corrected chi connectivity index (χ2v) is 13.9. The first-order valence-corrected chi connectivity index (χ1v) is 18.9. The molecule has 306 valence electrons. The number of rotatable bonds is 13. The summed E-state index contributed by atoms with van der Waals surface area (Å²) in [6, 6.07) is 4.58. The van der Waals surface area contributed by atoms with Crippen molar-refractivity contribution in [1.82, 2.24) is 9.80 Å². The zero-order valence-corrected chi connectivity index (χ0v) is 33.0. The van der Waals surface area contributed by atoms with E-state index in [1.54, 1.807) is 31.5 Å². The van der Waals surface area contributed by atoms with Crippen molar-refractivity contribution in [3.8, 4) is 17.2 Å². The first kappa shape index (κ1) is 41.3. The van der Waals surface area contributed by atoms with Crippen molar-refractivity contribution in [3.05, 3.63) is 114 Å². The molecule has 58 heavy (non-hydrogen) atoms. The molecule has 4 atom stereocenters. The molecule has 2 N–H and O–H groups in total. The second kappa shape index (κ2) is 17.9. The van der Waals surface area contributed by atoms with Gasteiger partial charge < -0.3 is 43.7 Å². The third-order valence-corrected chi connectivity index (χ3v) is 10.1. The number of benzene rings is 2. The van der Waals surface area contributed by atoms with Crippen LogP contribution in [0.5, 0.6) is 17.2 Å². The van der Waals surface area contributed by atoms with E-state index >= 15 is 0 Å². The van der Waals surface area contributed by atoms with Crippen LogP contribution < -0.4 is 24.0 Å². The molecule has 2 aromatic carbocycles. The molecule has 0 fully saturated rings. The van der Waals surface area contributed by atoms with Gasteiger partial charge in [0.2, 0.25) is 0 Å². The number of carbonyl (C=O) groups is 4. The largest absolute Gasteiger partial charge is 0.493 e. The van der Waals surface area contributed by atoms with Crippen LogP contribution in [0.25, 0.3) is 0 Å². The predicted molar refractivity (Wildman–Crippen MR) is 215 cm³/mol. The Bertz CT molecular complexity index is 2110. The number of hydrogen-bond donors (Lipinski definition) is 2. The molecule has 0 radical (unpaired) electrons. The van der Waals surface area contributed by atoms with Gasteiger partial charge in [-0.1, -0.05) is 49.6 Å². The summed E-state index contributed by atoms with van der Waals surface area (Å²) in [4.78, 5) is 59.6. The van der Waals surface area contributed by atoms with E-state index in [-0.39, 0.29) is 66.3 Å². The van der Waals surface area contributed by atoms with Crippen LogP contribution in [0.1, 0.15) is 59.4 Å². The van der Waals surface area contributed by atoms with Crippen LogP contribution in [0.15, 0.2) is 97.4 Å². The van der Waals surface area contributed by atoms with Gasteiger partial charge in [-0.2, -0.15) is 0 Å². The zero-order valence-electron chi connectivity index (χ0n) is 33.0. The number of carbonyl (C=O) groups excluding carboxylic acids is 4. The van der Waals surface area contributed by atoms with Crippen LogP contribution >= 0.6 is 0 Å². The Kier molecular flexibility index (Phi) is 12.7. The molecule has 6 rings (SSSR count). The standard InChI is InChI=1S/C43H48N4O11/c1-7-12-27-19-33-40(50)46(42(52)57-14-9-3)31-22-35(26(5)18-29(31)38(48)44(33)24-27)55-16-11-17-56-37-23-32-30(21-36(37)54-6)39(49)45-25-28(13-8-2)20-34(45)41(51)47(32)43(53)58-15-10-4/h7-10,12-13,18,21-25,33-34,40-41,50-51H,3-4,11,14-17,19-20H2,1-2,5-6H3/b12-7+,13-8+/t33-,34-,40-,41-/m0/s1. The quantitative estimate of drug-likeness (QED) is 0.177. The molecule has 0 bridgehead atoms. The van der Waals surface area contributed by atoms with Crippen LogP contribution in [0.3, 0.4) is 0 Å². The third-order valence-electron chi connectivity index (χ3n) is 10.1. The number of aliphatic hydroxyl groups excluding tert-OH is 2. The van der Waals surface area contributed by atoms with Crippen LogP contribution in [0.4, 0.5) is 21.0 Å². The summed E-state index contributed by atoms with van der Waals surface area (Å²) in [5.74, 6) is -0.0389. The maximum atomic E-state index is 13.9. The highest BCUT2D eigenvalue weighted by Crippen LogP contribution is 2.43. The molecule has 4 aliphatic rings. The molecule has 15 nitrogen and oxygen atoms in total. The summed E-state index contributed by atoms with van der Waals surface area (Å²) in [6.07, 6.45) is 9.88. The van der Waals surface area contributed by atoms with E-state index in [2.05, 4.69) is 13.2 Å². The van der Waals surface area contributed by atoms with E-state index in [0.717, 1.165) is 20.9 Å². The molecule has 15 heteroatoms.